The Kier molecular flexibility index (Phi) is 7.54. The van der Waals surface area contributed by atoms with E-state index in [1.54, 1.807) is 7.11 Å². The summed E-state index contributed by atoms with van der Waals surface area (Å²) in [5, 5.41) is 3.46. The van der Waals surface area contributed by atoms with E-state index in [4.69, 9.17) is 14.2 Å². The van der Waals surface area contributed by atoms with E-state index in [1.807, 2.05) is 0 Å². The van der Waals surface area contributed by atoms with Crippen molar-refractivity contribution in [1.29, 1.82) is 0 Å². The molecule has 0 bridgehead atoms. The molecule has 1 unspecified atom stereocenters. The van der Waals surface area contributed by atoms with Crippen LogP contribution in [0.5, 0.6) is 0 Å². The van der Waals surface area contributed by atoms with Crippen molar-refractivity contribution in [2.24, 2.45) is 17.3 Å². The van der Waals surface area contributed by atoms with Crippen molar-refractivity contribution >= 4 is 0 Å². The van der Waals surface area contributed by atoms with Crippen molar-refractivity contribution in [3.8, 4) is 0 Å². The Morgan fingerprint density at radius 3 is 2.54 bits per heavy atom. The van der Waals surface area contributed by atoms with Gasteiger partial charge in [0.2, 0.25) is 0 Å². The second-order valence-corrected chi connectivity index (χ2v) is 8.60. The lowest BCUT2D eigenvalue weighted by Gasteiger charge is -2.44. The molecule has 0 aromatic carbocycles. The van der Waals surface area contributed by atoms with E-state index in [0.717, 1.165) is 63.8 Å². The van der Waals surface area contributed by atoms with Gasteiger partial charge < -0.3 is 19.5 Å². The molecule has 1 N–H and O–H groups in total. The minimum atomic E-state index is -0.274. The zero-order chi connectivity index (χ0) is 17.6. The average Bonchev–Trinajstić information content (AvgIpc) is 2.94. The first-order valence-corrected chi connectivity index (χ1v) is 9.91. The summed E-state index contributed by atoms with van der Waals surface area (Å²) in [5.74, 6) is 1.24. The summed E-state index contributed by atoms with van der Waals surface area (Å²) >= 11 is 0. The second kappa shape index (κ2) is 8.98. The molecule has 2 rings (SSSR count). The Hall–Kier alpha value is -0.160. The SMILES string of the molecule is COCCCNCCC1COC2(CCC(C(C)(C)C(C)C)CC2)O1. The van der Waals surface area contributed by atoms with Crippen LogP contribution < -0.4 is 5.32 Å². The molecule has 1 atom stereocenters. The number of ether oxygens (including phenoxy) is 3. The van der Waals surface area contributed by atoms with E-state index in [9.17, 15) is 0 Å². The zero-order valence-corrected chi connectivity index (χ0v) is 16.5. The van der Waals surface area contributed by atoms with Gasteiger partial charge in [-0.2, -0.15) is 0 Å². The molecule has 0 aromatic rings. The number of nitrogens with one attached hydrogen (secondary N) is 1. The van der Waals surface area contributed by atoms with Gasteiger partial charge in [-0.3, -0.25) is 0 Å². The van der Waals surface area contributed by atoms with Gasteiger partial charge in [0.1, 0.15) is 0 Å². The highest BCUT2D eigenvalue weighted by atomic mass is 16.7. The standard InChI is InChI=1S/C20H39NO3/c1-16(2)19(3,4)17-7-10-20(11-8-17)23-15-18(24-20)9-13-21-12-6-14-22-5/h16-18,21H,6-15H2,1-5H3. The highest BCUT2D eigenvalue weighted by Gasteiger charge is 2.46. The van der Waals surface area contributed by atoms with Crippen LogP contribution in [0, 0.1) is 17.3 Å². The van der Waals surface area contributed by atoms with E-state index in [2.05, 4.69) is 33.0 Å². The van der Waals surface area contributed by atoms with E-state index in [-0.39, 0.29) is 11.9 Å². The van der Waals surface area contributed by atoms with Crippen molar-refractivity contribution in [2.75, 3.05) is 33.4 Å². The Labute approximate surface area is 149 Å². The van der Waals surface area contributed by atoms with Crippen molar-refractivity contribution in [1.82, 2.24) is 5.32 Å². The van der Waals surface area contributed by atoms with Crippen LogP contribution in [0.4, 0.5) is 0 Å². The smallest absolute Gasteiger partial charge is 0.168 e. The Morgan fingerprint density at radius 2 is 1.92 bits per heavy atom. The lowest BCUT2D eigenvalue weighted by molar-refractivity contribution is -0.198. The summed E-state index contributed by atoms with van der Waals surface area (Å²) in [4.78, 5) is 0. The fourth-order valence-corrected chi connectivity index (χ4v) is 4.02. The van der Waals surface area contributed by atoms with Gasteiger partial charge in [-0.1, -0.05) is 27.7 Å². The van der Waals surface area contributed by atoms with Crippen LogP contribution in [0.1, 0.15) is 66.2 Å². The van der Waals surface area contributed by atoms with Crippen LogP contribution in [-0.4, -0.2) is 45.3 Å². The maximum atomic E-state index is 6.35. The maximum absolute atomic E-state index is 6.35. The van der Waals surface area contributed by atoms with Crippen molar-refractivity contribution in [3.05, 3.63) is 0 Å². The normalized spacial score (nSPS) is 31.2. The van der Waals surface area contributed by atoms with Gasteiger partial charge in [0, 0.05) is 26.6 Å². The molecule has 24 heavy (non-hydrogen) atoms. The molecule has 2 aliphatic rings. The van der Waals surface area contributed by atoms with Crippen molar-refractivity contribution < 1.29 is 14.2 Å². The van der Waals surface area contributed by atoms with Crippen LogP contribution in [-0.2, 0) is 14.2 Å². The van der Waals surface area contributed by atoms with Crippen LogP contribution in [0.15, 0.2) is 0 Å². The van der Waals surface area contributed by atoms with E-state index < -0.39 is 0 Å². The maximum Gasteiger partial charge on any atom is 0.168 e. The topological polar surface area (TPSA) is 39.7 Å². The number of rotatable bonds is 9. The van der Waals surface area contributed by atoms with Crippen molar-refractivity contribution in [3.63, 3.8) is 0 Å². The Balaban J connectivity index is 1.68. The summed E-state index contributed by atoms with van der Waals surface area (Å²) in [6.45, 7) is 13.1. The van der Waals surface area contributed by atoms with Crippen LogP contribution >= 0.6 is 0 Å². The average molecular weight is 342 g/mol. The minimum absolute atomic E-state index is 0.259. The highest BCUT2D eigenvalue weighted by Crippen LogP contribution is 2.48. The molecular weight excluding hydrogens is 302 g/mol. The van der Waals surface area contributed by atoms with Gasteiger partial charge in [0.05, 0.1) is 12.7 Å². The molecule has 4 nitrogen and oxygen atoms in total. The van der Waals surface area contributed by atoms with Gasteiger partial charge in [0.25, 0.3) is 0 Å². The third-order valence-electron chi connectivity index (χ3n) is 6.55. The van der Waals surface area contributed by atoms with Gasteiger partial charge in [-0.25, -0.2) is 0 Å². The molecule has 1 spiro atoms. The van der Waals surface area contributed by atoms with E-state index in [1.165, 1.54) is 12.8 Å². The summed E-state index contributed by atoms with van der Waals surface area (Å²) in [6, 6.07) is 0. The first-order valence-electron chi connectivity index (χ1n) is 9.91. The number of methoxy groups -OCH3 is 1. The Morgan fingerprint density at radius 1 is 1.21 bits per heavy atom. The quantitative estimate of drug-likeness (QED) is 0.644. The monoisotopic (exact) mass is 341 g/mol. The fourth-order valence-electron chi connectivity index (χ4n) is 4.02. The minimum Gasteiger partial charge on any atom is -0.385 e. The third-order valence-corrected chi connectivity index (χ3v) is 6.55. The predicted octanol–water partition coefficient (Wildman–Crippen LogP) is 3.99. The number of hydrogen-bond acceptors (Lipinski definition) is 4. The van der Waals surface area contributed by atoms with E-state index in [0.29, 0.717) is 5.41 Å². The Bertz CT molecular complexity index is 362. The molecule has 4 heteroatoms. The van der Waals surface area contributed by atoms with Gasteiger partial charge in [0.15, 0.2) is 5.79 Å². The third kappa shape index (κ3) is 5.17. The molecule has 0 aromatic heterocycles. The molecule has 142 valence electrons. The van der Waals surface area contributed by atoms with Gasteiger partial charge in [-0.05, 0) is 56.0 Å². The summed E-state index contributed by atoms with van der Waals surface area (Å²) in [7, 11) is 1.75. The first-order chi connectivity index (χ1) is 11.4. The second-order valence-electron chi connectivity index (χ2n) is 8.60. The van der Waals surface area contributed by atoms with Crippen LogP contribution in [0.25, 0.3) is 0 Å². The summed E-state index contributed by atoms with van der Waals surface area (Å²) in [5.41, 5.74) is 0.408. The summed E-state index contributed by atoms with van der Waals surface area (Å²) < 4.78 is 17.6. The molecule has 1 aliphatic heterocycles. The van der Waals surface area contributed by atoms with Gasteiger partial charge >= 0.3 is 0 Å². The van der Waals surface area contributed by atoms with Crippen LogP contribution in [0.3, 0.4) is 0 Å². The lowest BCUT2D eigenvalue weighted by Crippen LogP contribution is -2.41. The largest absolute Gasteiger partial charge is 0.385 e. The fraction of sp³-hybridized carbons (Fsp3) is 1.00. The first kappa shape index (κ1) is 20.2. The number of hydrogen-bond donors (Lipinski definition) is 1. The molecule has 1 aliphatic carbocycles. The molecule has 1 saturated heterocycles. The predicted molar refractivity (Wildman–Crippen MR) is 98.1 cm³/mol. The zero-order valence-electron chi connectivity index (χ0n) is 16.5. The van der Waals surface area contributed by atoms with Crippen LogP contribution in [0.2, 0.25) is 0 Å². The van der Waals surface area contributed by atoms with E-state index >= 15 is 0 Å². The molecule has 0 amide bonds. The molecule has 1 saturated carbocycles. The lowest BCUT2D eigenvalue weighted by atomic mass is 9.64. The summed E-state index contributed by atoms with van der Waals surface area (Å²) in [6.07, 6.45) is 6.94. The van der Waals surface area contributed by atoms with Gasteiger partial charge in [-0.15, -0.1) is 0 Å². The molecule has 2 fully saturated rings. The molecular formula is C20H39NO3. The van der Waals surface area contributed by atoms with Crippen molar-refractivity contribution in [2.45, 2.75) is 78.1 Å². The molecule has 1 heterocycles. The highest BCUT2D eigenvalue weighted by molar-refractivity contribution is 4.91. The molecule has 0 radical (unpaired) electrons.